The summed E-state index contributed by atoms with van der Waals surface area (Å²) in [6, 6.07) is 17.8. The van der Waals surface area contributed by atoms with Gasteiger partial charge in [-0.1, -0.05) is 6.07 Å². The molecule has 0 aliphatic heterocycles. The second kappa shape index (κ2) is 8.77. The number of ether oxygens (including phenoxy) is 2. The predicted molar refractivity (Wildman–Crippen MR) is 122 cm³/mol. The van der Waals surface area contributed by atoms with E-state index in [1.165, 1.54) is 32.4 Å². The average Bonchev–Trinajstić information content (AvgIpc) is 2.83. The number of carbonyl (C=O) groups is 1. The van der Waals surface area contributed by atoms with Gasteiger partial charge in [0.25, 0.3) is 5.91 Å². The van der Waals surface area contributed by atoms with E-state index in [0.717, 1.165) is 0 Å². The van der Waals surface area contributed by atoms with Crippen LogP contribution in [0.25, 0.3) is 22.3 Å². The van der Waals surface area contributed by atoms with Gasteiger partial charge in [0.15, 0.2) is 16.9 Å². The van der Waals surface area contributed by atoms with Crippen LogP contribution in [0.5, 0.6) is 17.2 Å². The molecule has 3 aromatic carbocycles. The summed E-state index contributed by atoms with van der Waals surface area (Å²) >= 11 is 0. The molecule has 33 heavy (non-hydrogen) atoms. The molecule has 8 heteroatoms. The number of amides is 1. The molecule has 0 fully saturated rings. The monoisotopic (exact) mass is 442 g/mol. The number of nitrogens with zero attached hydrogens (tertiary/aromatic N) is 1. The van der Waals surface area contributed by atoms with E-state index in [1.54, 1.807) is 42.5 Å². The number of methoxy groups -OCH3 is 2. The van der Waals surface area contributed by atoms with Gasteiger partial charge >= 0.3 is 0 Å². The third kappa shape index (κ3) is 4.07. The Labute approximate surface area is 188 Å². The number of anilines is 1. The Kier molecular flexibility index (Phi) is 5.70. The molecule has 0 aliphatic rings. The van der Waals surface area contributed by atoms with E-state index in [9.17, 15) is 14.7 Å². The van der Waals surface area contributed by atoms with Crippen molar-refractivity contribution in [2.75, 3.05) is 19.5 Å². The summed E-state index contributed by atoms with van der Waals surface area (Å²) in [5.74, 6) is -0.162. The lowest BCUT2D eigenvalue weighted by Gasteiger charge is -2.12. The van der Waals surface area contributed by atoms with E-state index in [-0.39, 0.29) is 39.9 Å². The Morgan fingerprint density at radius 3 is 2.48 bits per heavy atom. The third-order valence-corrected chi connectivity index (χ3v) is 5.02. The average molecular weight is 442 g/mol. The van der Waals surface area contributed by atoms with Crippen molar-refractivity contribution in [2.24, 2.45) is 0 Å². The van der Waals surface area contributed by atoms with Crippen LogP contribution in [-0.4, -0.2) is 25.2 Å². The maximum absolute atomic E-state index is 12.7. The van der Waals surface area contributed by atoms with E-state index in [1.807, 2.05) is 6.07 Å². The standard InChI is InChI=1S/C25H18N2O6/c1-31-21-12-20-22(23(29)24(21)32-2)18(28)11-19(33-20)15-6-8-17(9-7-15)27-25(30)16-5-3-4-14(10-16)13-26/h3-12,29H,1-2H3,(H,27,30). The summed E-state index contributed by atoms with van der Waals surface area (Å²) < 4.78 is 16.2. The molecule has 0 bridgehead atoms. The number of carbonyl (C=O) groups excluding carboxylic acids is 1. The number of phenolic OH excluding ortho intramolecular Hbond substituents is 1. The van der Waals surface area contributed by atoms with Gasteiger partial charge in [-0.05, 0) is 42.5 Å². The van der Waals surface area contributed by atoms with Crippen LogP contribution in [-0.2, 0) is 0 Å². The Morgan fingerprint density at radius 1 is 1.06 bits per heavy atom. The summed E-state index contributed by atoms with van der Waals surface area (Å²) in [7, 11) is 2.77. The van der Waals surface area contributed by atoms with Crippen molar-refractivity contribution in [1.82, 2.24) is 0 Å². The highest BCUT2D eigenvalue weighted by Crippen LogP contribution is 2.42. The molecular weight excluding hydrogens is 424 g/mol. The molecular formula is C25H18N2O6. The summed E-state index contributed by atoms with van der Waals surface area (Å²) in [5, 5.41) is 22.2. The SMILES string of the molecule is COc1cc2oc(-c3ccc(NC(=O)c4cccc(C#N)c4)cc3)cc(=O)c2c(O)c1OC. The quantitative estimate of drug-likeness (QED) is 0.472. The van der Waals surface area contributed by atoms with Gasteiger partial charge in [-0.2, -0.15) is 5.26 Å². The van der Waals surface area contributed by atoms with Crippen LogP contribution >= 0.6 is 0 Å². The van der Waals surface area contributed by atoms with Gasteiger partial charge in [0.05, 0.1) is 25.9 Å². The van der Waals surface area contributed by atoms with Crippen LogP contribution in [0, 0.1) is 11.3 Å². The molecule has 164 valence electrons. The first kappa shape index (κ1) is 21.5. The number of nitriles is 1. The maximum Gasteiger partial charge on any atom is 0.255 e. The van der Waals surface area contributed by atoms with Crippen molar-refractivity contribution in [3.05, 3.63) is 82.0 Å². The number of rotatable bonds is 5. The molecule has 8 nitrogen and oxygen atoms in total. The minimum absolute atomic E-state index is 0.0140. The number of aromatic hydroxyl groups is 1. The first-order valence-corrected chi connectivity index (χ1v) is 9.79. The summed E-state index contributed by atoms with van der Waals surface area (Å²) in [5.41, 5.74) is 1.57. The van der Waals surface area contributed by atoms with Crippen LogP contribution in [0.4, 0.5) is 5.69 Å². The van der Waals surface area contributed by atoms with Crippen molar-refractivity contribution in [1.29, 1.82) is 5.26 Å². The molecule has 0 aliphatic carbocycles. The second-order valence-electron chi connectivity index (χ2n) is 7.03. The van der Waals surface area contributed by atoms with Crippen LogP contribution < -0.4 is 20.2 Å². The zero-order valence-corrected chi connectivity index (χ0v) is 17.7. The molecule has 0 spiro atoms. The molecule has 4 rings (SSSR count). The lowest BCUT2D eigenvalue weighted by molar-refractivity contribution is 0.102. The lowest BCUT2D eigenvalue weighted by Crippen LogP contribution is -2.11. The van der Waals surface area contributed by atoms with Crippen molar-refractivity contribution >= 4 is 22.6 Å². The van der Waals surface area contributed by atoms with E-state index >= 15 is 0 Å². The highest BCUT2D eigenvalue weighted by atomic mass is 16.5. The predicted octanol–water partition coefficient (Wildman–Crippen LogP) is 4.31. The minimum atomic E-state index is -0.445. The Balaban J connectivity index is 1.65. The number of hydrogen-bond donors (Lipinski definition) is 2. The number of phenols is 1. The van der Waals surface area contributed by atoms with Gasteiger partial charge in [-0.15, -0.1) is 0 Å². The number of nitrogens with one attached hydrogen (secondary N) is 1. The normalized spacial score (nSPS) is 10.5. The number of fused-ring (bicyclic) bond motifs is 1. The highest BCUT2D eigenvalue weighted by Gasteiger charge is 2.19. The van der Waals surface area contributed by atoms with Gasteiger partial charge in [0, 0.05) is 28.9 Å². The summed E-state index contributed by atoms with van der Waals surface area (Å²) in [6.45, 7) is 0. The molecule has 1 heterocycles. The fourth-order valence-electron chi connectivity index (χ4n) is 3.40. The Bertz CT molecular complexity index is 1470. The molecule has 1 amide bonds. The van der Waals surface area contributed by atoms with Gasteiger partial charge < -0.3 is 24.3 Å². The fraction of sp³-hybridized carbons (Fsp3) is 0.0800. The van der Waals surface area contributed by atoms with Crippen LogP contribution in [0.1, 0.15) is 15.9 Å². The zero-order chi connectivity index (χ0) is 23.5. The van der Waals surface area contributed by atoms with Crippen LogP contribution in [0.2, 0.25) is 0 Å². The van der Waals surface area contributed by atoms with E-state index in [2.05, 4.69) is 5.32 Å². The van der Waals surface area contributed by atoms with E-state index in [0.29, 0.717) is 22.4 Å². The molecule has 0 saturated heterocycles. The molecule has 0 unspecified atom stereocenters. The minimum Gasteiger partial charge on any atom is -0.504 e. The lowest BCUT2D eigenvalue weighted by atomic mass is 10.1. The van der Waals surface area contributed by atoms with Crippen LogP contribution in [0.15, 0.2) is 69.9 Å². The third-order valence-electron chi connectivity index (χ3n) is 5.02. The molecule has 4 aromatic rings. The van der Waals surface area contributed by atoms with Gasteiger partial charge in [-0.25, -0.2) is 0 Å². The van der Waals surface area contributed by atoms with Gasteiger partial charge in [-0.3, -0.25) is 9.59 Å². The smallest absolute Gasteiger partial charge is 0.255 e. The molecule has 0 saturated carbocycles. The Hall–Kier alpha value is -4.77. The van der Waals surface area contributed by atoms with Gasteiger partial charge in [0.2, 0.25) is 5.75 Å². The summed E-state index contributed by atoms with van der Waals surface area (Å²) in [4.78, 5) is 25.1. The summed E-state index contributed by atoms with van der Waals surface area (Å²) in [6.07, 6.45) is 0. The van der Waals surface area contributed by atoms with E-state index in [4.69, 9.17) is 19.2 Å². The molecule has 1 aromatic heterocycles. The van der Waals surface area contributed by atoms with Crippen molar-refractivity contribution in [3.63, 3.8) is 0 Å². The van der Waals surface area contributed by atoms with Crippen molar-refractivity contribution in [2.45, 2.75) is 0 Å². The second-order valence-corrected chi connectivity index (χ2v) is 7.03. The first-order chi connectivity index (χ1) is 15.9. The van der Waals surface area contributed by atoms with Crippen molar-refractivity contribution in [3.8, 4) is 34.6 Å². The Morgan fingerprint density at radius 2 is 1.82 bits per heavy atom. The fourth-order valence-corrected chi connectivity index (χ4v) is 3.40. The van der Waals surface area contributed by atoms with Crippen LogP contribution in [0.3, 0.4) is 0 Å². The first-order valence-electron chi connectivity index (χ1n) is 9.79. The van der Waals surface area contributed by atoms with Gasteiger partial charge in [0.1, 0.15) is 16.7 Å². The largest absolute Gasteiger partial charge is 0.504 e. The van der Waals surface area contributed by atoms with Crippen molar-refractivity contribution < 1.29 is 23.8 Å². The number of hydrogen-bond acceptors (Lipinski definition) is 7. The molecule has 0 radical (unpaired) electrons. The zero-order valence-electron chi connectivity index (χ0n) is 17.7. The molecule has 0 atom stereocenters. The molecule has 2 N–H and O–H groups in total. The van der Waals surface area contributed by atoms with E-state index < -0.39 is 5.43 Å². The number of benzene rings is 3. The highest BCUT2D eigenvalue weighted by molar-refractivity contribution is 6.04. The maximum atomic E-state index is 12.7. The topological polar surface area (TPSA) is 122 Å².